The molecule has 0 fully saturated rings. The molecule has 0 spiro atoms. The number of aromatic nitrogens is 2. The number of halogens is 1. The Hall–Kier alpha value is -2.93. The van der Waals surface area contributed by atoms with Crippen molar-refractivity contribution in [3.8, 4) is 0 Å². The van der Waals surface area contributed by atoms with E-state index in [0.717, 1.165) is 18.4 Å². The molecule has 1 aliphatic carbocycles. The van der Waals surface area contributed by atoms with Gasteiger partial charge in [0.2, 0.25) is 0 Å². The molecule has 6 nitrogen and oxygen atoms in total. The van der Waals surface area contributed by atoms with E-state index < -0.39 is 0 Å². The molecule has 1 heterocycles. The van der Waals surface area contributed by atoms with Gasteiger partial charge in [-0.15, -0.1) is 0 Å². The highest BCUT2D eigenvalue weighted by atomic mass is 79.9. The summed E-state index contributed by atoms with van der Waals surface area (Å²) in [4.78, 5) is 24.4. The average molecular weight is 525 g/mol. The summed E-state index contributed by atoms with van der Waals surface area (Å²) in [6, 6.07) is 16.3. The largest absolute Gasteiger partial charge is 0.351 e. The number of fused-ring (bicyclic) bond motifs is 1. The maximum atomic E-state index is 12.4. The smallest absolute Gasteiger partial charge is 0.270 e. The van der Waals surface area contributed by atoms with Crippen LogP contribution in [0.15, 0.2) is 53.0 Å². The number of nitrogens with zero attached hydrogens (tertiary/aromatic N) is 1. The predicted octanol–water partition coefficient (Wildman–Crippen LogP) is 6.08. The second-order valence-electron chi connectivity index (χ2n) is 8.31. The van der Waals surface area contributed by atoms with Gasteiger partial charge in [-0.05, 0) is 77.2 Å². The number of H-pyrrole nitrogens is 1. The number of anilines is 1. The molecule has 2 aromatic carbocycles. The zero-order valence-electron chi connectivity index (χ0n) is 19.9. The van der Waals surface area contributed by atoms with Crippen molar-refractivity contribution in [1.29, 1.82) is 0 Å². The molecular formula is C27H33BrN4O2. The SMILES string of the molecule is CCCNC(=O)c1[nH]nc(NC(=O)c2ccccc2CC)c1Br.c1ccc2c(c1)CCCCC2. The third-order valence-corrected chi connectivity index (χ3v) is 6.63. The Kier molecular flexibility index (Phi) is 9.89. The fourth-order valence-corrected chi connectivity index (χ4v) is 4.42. The van der Waals surface area contributed by atoms with E-state index >= 15 is 0 Å². The number of hydrogen-bond acceptors (Lipinski definition) is 3. The standard InChI is InChI=1S/C16H19BrN4O2.C11H14/c1-3-9-18-16(23)13-12(17)14(21-20-13)19-15(22)11-8-6-5-7-10(11)4-2;1-2-6-10-8-4-5-9-11(10)7-3-1/h5-8H,3-4,9H2,1-2H3,(H,18,23)(H2,19,20,21,22);4-5,8-9H,1-3,6-7H2. The van der Waals surface area contributed by atoms with E-state index in [0.29, 0.717) is 22.4 Å². The van der Waals surface area contributed by atoms with Gasteiger partial charge in [0.1, 0.15) is 5.69 Å². The minimum absolute atomic E-state index is 0.254. The first-order chi connectivity index (χ1) is 16.5. The average Bonchev–Trinajstić information content (AvgIpc) is 3.07. The first-order valence-corrected chi connectivity index (χ1v) is 12.8. The molecule has 34 heavy (non-hydrogen) atoms. The fourth-order valence-electron chi connectivity index (χ4n) is 3.97. The van der Waals surface area contributed by atoms with E-state index in [1.165, 1.54) is 32.1 Å². The van der Waals surface area contributed by atoms with Crippen molar-refractivity contribution < 1.29 is 9.59 Å². The normalized spacial score (nSPS) is 12.6. The number of aromatic amines is 1. The molecule has 3 N–H and O–H groups in total. The molecule has 4 rings (SSSR count). The summed E-state index contributed by atoms with van der Waals surface area (Å²) in [7, 11) is 0. The van der Waals surface area contributed by atoms with Crippen LogP contribution in [-0.4, -0.2) is 28.6 Å². The molecular weight excluding hydrogens is 492 g/mol. The van der Waals surface area contributed by atoms with Gasteiger partial charge in [-0.2, -0.15) is 5.10 Å². The van der Waals surface area contributed by atoms with E-state index in [1.54, 1.807) is 17.2 Å². The van der Waals surface area contributed by atoms with Crippen LogP contribution in [0.5, 0.6) is 0 Å². The Morgan fingerprint density at radius 2 is 1.59 bits per heavy atom. The number of hydrogen-bond donors (Lipinski definition) is 3. The Bertz CT molecular complexity index is 1080. The Morgan fingerprint density at radius 3 is 2.24 bits per heavy atom. The molecule has 0 bridgehead atoms. The van der Waals surface area contributed by atoms with Crippen LogP contribution in [0, 0.1) is 0 Å². The van der Waals surface area contributed by atoms with Crippen LogP contribution < -0.4 is 10.6 Å². The molecule has 0 saturated heterocycles. The first-order valence-electron chi connectivity index (χ1n) is 12.0. The highest BCUT2D eigenvalue weighted by Gasteiger charge is 2.19. The molecule has 0 atom stereocenters. The minimum atomic E-state index is -0.263. The molecule has 7 heteroatoms. The van der Waals surface area contributed by atoms with Crippen LogP contribution in [0.4, 0.5) is 5.82 Å². The maximum absolute atomic E-state index is 12.4. The van der Waals surface area contributed by atoms with E-state index in [1.807, 2.05) is 32.0 Å². The summed E-state index contributed by atoms with van der Waals surface area (Å²) in [5.41, 5.74) is 5.02. The lowest BCUT2D eigenvalue weighted by molar-refractivity contribution is 0.0947. The highest BCUT2D eigenvalue weighted by molar-refractivity contribution is 9.10. The van der Waals surface area contributed by atoms with Crippen LogP contribution in [0.1, 0.15) is 77.1 Å². The molecule has 0 saturated carbocycles. The number of carbonyl (C=O) groups excluding carboxylic acids is 2. The molecule has 1 aliphatic rings. The zero-order valence-corrected chi connectivity index (χ0v) is 21.5. The first kappa shape index (κ1) is 25.7. The summed E-state index contributed by atoms with van der Waals surface area (Å²) in [5.74, 6) is -0.224. The second kappa shape index (κ2) is 13.1. The van der Waals surface area contributed by atoms with Crippen LogP contribution >= 0.6 is 15.9 Å². The van der Waals surface area contributed by atoms with Crippen molar-refractivity contribution in [3.05, 3.63) is 81.0 Å². The lowest BCUT2D eigenvalue weighted by atomic mass is 10.0. The van der Waals surface area contributed by atoms with Gasteiger partial charge in [0.25, 0.3) is 11.8 Å². The Morgan fingerprint density at radius 1 is 0.941 bits per heavy atom. The predicted molar refractivity (Wildman–Crippen MR) is 140 cm³/mol. The van der Waals surface area contributed by atoms with Crippen LogP contribution in [0.25, 0.3) is 0 Å². The number of carbonyl (C=O) groups is 2. The van der Waals surface area contributed by atoms with Gasteiger partial charge in [-0.25, -0.2) is 0 Å². The molecule has 3 aromatic rings. The lowest BCUT2D eigenvalue weighted by Crippen LogP contribution is -2.24. The van der Waals surface area contributed by atoms with Gasteiger partial charge in [0, 0.05) is 12.1 Å². The third kappa shape index (κ3) is 6.79. The third-order valence-electron chi connectivity index (χ3n) is 5.85. The summed E-state index contributed by atoms with van der Waals surface area (Å²) >= 11 is 3.31. The van der Waals surface area contributed by atoms with E-state index in [4.69, 9.17) is 0 Å². The van der Waals surface area contributed by atoms with Crippen molar-refractivity contribution in [2.75, 3.05) is 11.9 Å². The number of rotatable bonds is 6. The van der Waals surface area contributed by atoms with Crippen molar-refractivity contribution in [2.24, 2.45) is 0 Å². The molecule has 2 amide bonds. The molecule has 0 aliphatic heterocycles. The number of benzene rings is 2. The van der Waals surface area contributed by atoms with E-state index in [9.17, 15) is 9.59 Å². The number of nitrogens with one attached hydrogen (secondary N) is 3. The van der Waals surface area contributed by atoms with E-state index in [2.05, 4.69) is 61.0 Å². The summed E-state index contributed by atoms with van der Waals surface area (Å²) < 4.78 is 0.438. The summed E-state index contributed by atoms with van der Waals surface area (Å²) in [6.45, 7) is 4.54. The van der Waals surface area contributed by atoms with Crippen LogP contribution in [-0.2, 0) is 19.3 Å². The minimum Gasteiger partial charge on any atom is -0.351 e. The molecule has 0 radical (unpaired) electrons. The van der Waals surface area contributed by atoms with Gasteiger partial charge in [-0.3, -0.25) is 14.7 Å². The van der Waals surface area contributed by atoms with Crippen LogP contribution in [0.3, 0.4) is 0 Å². The van der Waals surface area contributed by atoms with Crippen LogP contribution in [0.2, 0.25) is 0 Å². The van der Waals surface area contributed by atoms with Crippen molar-refractivity contribution >= 4 is 33.6 Å². The van der Waals surface area contributed by atoms with Gasteiger partial charge >= 0.3 is 0 Å². The second-order valence-corrected chi connectivity index (χ2v) is 9.10. The van der Waals surface area contributed by atoms with Crippen molar-refractivity contribution in [1.82, 2.24) is 15.5 Å². The molecule has 1 aromatic heterocycles. The summed E-state index contributed by atoms with van der Waals surface area (Å²) in [6.07, 6.45) is 8.39. The molecule has 180 valence electrons. The number of aryl methyl sites for hydroxylation is 3. The maximum Gasteiger partial charge on any atom is 0.270 e. The van der Waals surface area contributed by atoms with Crippen molar-refractivity contribution in [2.45, 2.75) is 58.8 Å². The molecule has 0 unspecified atom stereocenters. The fraction of sp³-hybridized carbons (Fsp3) is 0.370. The van der Waals surface area contributed by atoms with Gasteiger partial charge in [-0.1, -0.05) is 62.7 Å². The summed E-state index contributed by atoms with van der Waals surface area (Å²) in [5, 5.41) is 12.1. The quantitative estimate of drug-likeness (QED) is 0.341. The Balaban J connectivity index is 0.000000243. The Labute approximate surface area is 210 Å². The topological polar surface area (TPSA) is 86.9 Å². The lowest BCUT2D eigenvalue weighted by Gasteiger charge is -2.07. The van der Waals surface area contributed by atoms with E-state index in [-0.39, 0.29) is 17.5 Å². The monoisotopic (exact) mass is 524 g/mol. The zero-order chi connectivity index (χ0) is 24.3. The number of amides is 2. The van der Waals surface area contributed by atoms with Crippen molar-refractivity contribution in [3.63, 3.8) is 0 Å². The highest BCUT2D eigenvalue weighted by Crippen LogP contribution is 2.24. The van der Waals surface area contributed by atoms with Gasteiger partial charge in [0.15, 0.2) is 5.82 Å². The van der Waals surface area contributed by atoms with Gasteiger partial charge in [0.05, 0.1) is 4.47 Å². The van der Waals surface area contributed by atoms with Gasteiger partial charge < -0.3 is 10.6 Å².